The molecule has 0 aliphatic rings. The molecule has 0 rings (SSSR count). The summed E-state index contributed by atoms with van der Waals surface area (Å²) in [6.45, 7) is 1.37. The van der Waals surface area contributed by atoms with Crippen molar-refractivity contribution in [1.29, 1.82) is 0 Å². The van der Waals surface area contributed by atoms with Gasteiger partial charge in [0.25, 0.3) is 0 Å². The van der Waals surface area contributed by atoms with E-state index < -0.39 is 56.2 Å². The molecule has 126 valence electrons. The molecule has 0 aromatic rings. The van der Waals surface area contributed by atoms with Crippen LogP contribution in [0.4, 0.5) is 0 Å². The summed E-state index contributed by atoms with van der Waals surface area (Å²) >= 11 is 0. The van der Waals surface area contributed by atoms with Gasteiger partial charge in [-0.3, -0.25) is 0 Å². The molecule has 23 heavy (non-hydrogen) atoms. The fraction of sp³-hybridized carbons (Fsp3) is 0.417. The first-order valence-corrected chi connectivity index (χ1v) is 7.12. The number of aliphatic carboxylic acids is 1. The van der Waals surface area contributed by atoms with Crippen molar-refractivity contribution in [2.45, 2.75) is 31.5 Å². The number of hydrogen-bond donors (Lipinski definition) is 5. The molecule has 0 aromatic heterocycles. The van der Waals surface area contributed by atoms with Gasteiger partial charge in [-0.15, -0.1) is 0 Å². The third-order valence-electron chi connectivity index (χ3n) is 2.43. The van der Waals surface area contributed by atoms with Crippen molar-refractivity contribution >= 4 is 31.6 Å². The van der Waals surface area contributed by atoms with Crippen LogP contribution in [0.3, 0.4) is 0 Å². The Balaban J connectivity index is 5.13. The second-order valence-electron chi connectivity index (χ2n) is 4.42. The first-order valence-electron chi connectivity index (χ1n) is 6.31. The zero-order valence-corrected chi connectivity index (χ0v) is 13.1. The van der Waals surface area contributed by atoms with Crippen LogP contribution in [0.1, 0.15) is 13.3 Å². The quantitative estimate of drug-likeness (QED) is 0.318. The second-order valence-corrected chi connectivity index (χ2v) is 4.87. The van der Waals surface area contributed by atoms with Crippen LogP contribution in [-0.2, 0) is 23.7 Å². The van der Waals surface area contributed by atoms with Crippen LogP contribution >= 0.6 is 7.92 Å². The topological polar surface area (TPSA) is 182 Å². The van der Waals surface area contributed by atoms with Gasteiger partial charge in [-0.2, -0.15) is 0 Å². The standard InChI is InChI=1S/C12H17N4O6P/c1-6(13)10(18)16-8(5-9(14)17)11(19)15-7(12(20)21)3-2-4-23-22/h2-3,6-8H,5,13H2,1H3,(H2,14,17)(H,15,19)(H,16,18)(H,20,21)/b3-2+. The number of amides is 3. The summed E-state index contributed by atoms with van der Waals surface area (Å²) in [6, 6.07) is -3.78. The van der Waals surface area contributed by atoms with Crippen LogP contribution in [0.5, 0.6) is 0 Å². The monoisotopic (exact) mass is 344 g/mol. The number of nitrogens with two attached hydrogens (primary N) is 2. The van der Waals surface area contributed by atoms with Gasteiger partial charge in [0.05, 0.1) is 0 Å². The van der Waals surface area contributed by atoms with Crippen LogP contribution in [0.15, 0.2) is 12.2 Å². The Hall–Kier alpha value is -2.41. The summed E-state index contributed by atoms with van der Waals surface area (Å²) in [7, 11) is -0.458. The molecule has 0 aliphatic carbocycles. The van der Waals surface area contributed by atoms with E-state index in [9.17, 15) is 23.7 Å². The molecule has 3 amide bonds. The molecule has 3 atom stereocenters. The summed E-state index contributed by atoms with van der Waals surface area (Å²) in [5.41, 5.74) is 12.5. The number of allylic oxidation sites excluding steroid dienone is 1. The van der Waals surface area contributed by atoms with Gasteiger partial charge < -0.3 is 0 Å². The maximum atomic E-state index is 12.0. The average molecular weight is 344 g/mol. The minimum absolute atomic E-state index is 0.458. The van der Waals surface area contributed by atoms with E-state index in [-0.39, 0.29) is 0 Å². The van der Waals surface area contributed by atoms with E-state index in [2.05, 4.69) is 16.3 Å². The molecule has 7 N–H and O–H groups in total. The normalized spacial score (nSPS) is 14.2. The number of rotatable bonds is 8. The Labute approximate surface area is 132 Å². The van der Waals surface area contributed by atoms with Crippen molar-refractivity contribution in [3.8, 4) is 5.63 Å². The van der Waals surface area contributed by atoms with E-state index in [0.717, 1.165) is 12.2 Å². The van der Waals surface area contributed by atoms with Gasteiger partial charge >= 0.3 is 132 Å². The zero-order chi connectivity index (χ0) is 18.0. The van der Waals surface area contributed by atoms with Crippen LogP contribution < -0.4 is 22.1 Å². The minimum atomic E-state index is -1.47. The predicted molar refractivity (Wildman–Crippen MR) is 79.6 cm³/mol. The molecule has 0 bridgehead atoms. The third kappa shape index (κ3) is 8.57. The summed E-state index contributed by atoms with van der Waals surface area (Å²) in [5, 5.41) is 13.3. The van der Waals surface area contributed by atoms with Gasteiger partial charge in [-0.25, -0.2) is 0 Å². The van der Waals surface area contributed by atoms with Crippen molar-refractivity contribution in [2.24, 2.45) is 11.5 Å². The van der Waals surface area contributed by atoms with Crippen molar-refractivity contribution in [2.75, 3.05) is 0 Å². The van der Waals surface area contributed by atoms with Crippen LogP contribution in [0, 0.1) is 5.63 Å². The van der Waals surface area contributed by atoms with Gasteiger partial charge in [0.2, 0.25) is 0 Å². The van der Waals surface area contributed by atoms with Crippen molar-refractivity contribution < 1.29 is 28.8 Å². The van der Waals surface area contributed by atoms with Gasteiger partial charge in [0, 0.05) is 0 Å². The molecule has 10 nitrogen and oxygen atoms in total. The van der Waals surface area contributed by atoms with Gasteiger partial charge in [-0.05, 0) is 0 Å². The zero-order valence-electron chi connectivity index (χ0n) is 12.2. The number of carboxylic acids is 1. The molecule has 0 aliphatic heterocycles. The fourth-order valence-corrected chi connectivity index (χ4v) is 1.48. The van der Waals surface area contributed by atoms with Crippen molar-refractivity contribution in [1.82, 2.24) is 10.6 Å². The van der Waals surface area contributed by atoms with Crippen molar-refractivity contribution in [3.63, 3.8) is 0 Å². The maximum absolute atomic E-state index is 12.0. The van der Waals surface area contributed by atoms with Gasteiger partial charge in [-0.1, -0.05) is 0 Å². The van der Waals surface area contributed by atoms with Gasteiger partial charge in [0.1, 0.15) is 0 Å². The molecule has 0 saturated heterocycles. The molecule has 0 aromatic carbocycles. The average Bonchev–Trinajstić information content (AvgIpc) is 2.44. The molecule has 0 saturated carbocycles. The van der Waals surface area contributed by atoms with E-state index in [0.29, 0.717) is 0 Å². The molecule has 0 heterocycles. The van der Waals surface area contributed by atoms with Crippen LogP contribution in [0.2, 0.25) is 0 Å². The number of carbonyl (C=O) groups excluding carboxylic acids is 3. The predicted octanol–water partition coefficient (Wildman–Crippen LogP) is -1.93. The Bertz CT molecular complexity index is 612. The molecule has 0 fully saturated rings. The van der Waals surface area contributed by atoms with Crippen LogP contribution in [0.25, 0.3) is 0 Å². The number of hydrogen-bond acceptors (Lipinski definition) is 6. The number of carbonyl (C=O) groups is 4. The van der Waals surface area contributed by atoms with Gasteiger partial charge in [0.15, 0.2) is 0 Å². The number of carboxylic acid groups (broad SMARTS) is 1. The van der Waals surface area contributed by atoms with Crippen LogP contribution in [-0.4, -0.2) is 46.9 Å². The second kappa shape index (κ2) is 10.3. The molecule has 11 heteroatoms. The first kappa shape index (κ1) is 20.6. The Morgan fingerprint density at radius 3 is 2.30 bits per heavy atom. The number of nitrogens with one attached hydrogen (secondary N) is 2. The van der Waals surface area contributed by atoms with E-state index in [4.69, 9.17) is 16.6 Å². The number of primary amides is 1. The molecule has 0 radical (unpaired) electrons. The molecule has 3 unspecified atom stereocenters. The molecular formula is C12H17N4O6P. The third-order valence-corrected chi connectivity index (χ3v) is 2.69. The Morgan fingerprint density at radius 1 is 1.26 bits per heavy atom. The molecular weight excluding hydrogens is 327 g/mol. The van der Waals surface area contributed by atoms with E-state index in [1.54, 1.807) is 0 Å². The fourth-order valence-electron chi connectivity index (χ4n) is 1.33. The molecule has 0 spiro atoms. The Kier molecular flexibility index (Phi) is 9.26. The van der Waals surface area contributed by atoms with E-state index >= 15 is 0 Å². The van der Waals surface area contributed by atoms with Crippen molar-refractivity contribution in [3.05, 3.63) is 12.2 Å². The summed E-state index contributed by atoms with van der Waals surface area (Å²) in [5.74, 6) is -3.92. The van der Waals surface area contributed by atoms with E-state index in [1.807, 2.05) is 0 Å². The first-order chi connectivity index (χ1) is 10.7. The Morgan fingerprint density at radius 2 is 1.87 bits per heavy atom. The summed E-state index contributed by atoms with van der Waals surface area (Å²) in [4.78, 5) is 45.6. The summed E-state index contributed by atoms with van der Waals surface area (Å²) in [6.07, 6.45) is 1.54. The summed E-state index contributed by atoms with van der Waals surface area (Å²) < 4.78 is 10.2. The SMILES string of the molecule is CC(N)C(=O)NC(CC(N)=O)C(=O)NC(/C=C/C#P=O)C(=O)O. The van der Waals surface area contributed by atoms with E-state index in [1.165, 1.54) is 6.92 Å².